The molecule has 0 amide bonds. The lowest BCUT2D eigenvalue weighted by Crippen LogP contribution is -2.16. The van der Waals surface area contributed by atoms with Crippen LogP contribution in [0, 0.1) is 5.92 Å². The fourth-order valence-corrected chi connectivity index (χ4v) is 1.23. The van der Waals surface area contributed by atoms with Crippen molar-refractivity contribution in [2.24, 2.45) is 11.7 Å². The van der Waals surface area contributed by atoms with E-state index in [0.29, 0.717) is 5.92 Å². The van der Waals surface area contributed by atoms with Crippen LogP contribution < -0.4 is 5.73 Å². The van der Waals surface area contributed by atoms with Crippen LogP contribution in [0.5, 0.6) is 0 Å². The number of benzene rings is 1. The second-order valence-electron chi connectivity index (χ2n) is 3.67. The smallest absolute Gasteiger partial charge is 0.0681 e. The summed E-state index contributed by atoms with van der Waals surface area (Å²) in [5.74, 6) is 0.444. The van der Waals surface area contributed by atoms with Crippen LogP contribution in [0.15, 0.2) is 24.3 Å². The molecular weight excluding hydrogens is 162 g/mol. The van der Waals surface area contributed by atoms with Gasteiger partial charge in [0, 0.05) is 6.04 Å². The number of hydrogen-bond donors (Lipinski definition) is 2. The molecule has 1 rings (SSSR count). The van der Waals surface area contributed by atoms with Crippen LogP contribution >= 0.6 is 0 Å². The van der Waals surface area contributed by atoms with E-state index >= 15 is 0 Å². The highest BCUT2D eigenvalue weighted by Crippen LogP contribution is 2.18. The Labute approximate surface area is 79.4 Å². The topological polar surface area (TPSA) is 46.2 Å². The molecule has 0 spiro atoms. The third kappa shape index (κ3) is 2.54. The van der Waals surface area contributed by atoms with Crippen LogP contribution in [0.1, 0.15) is 31.0 Å². The minimum atomic E-state index is 0.0905. The van der Waals surface area contributed by atoms with Gasteiger partial charge in [-0.15, -0.1) is 0 Å². The van der Waals surface area contributed by atoms with E-state index in [4.69, 9.17) is 10.8 Å². The Kier molecular flexibility index (Phi) is 3.46. The molecule has 2 heteroatoms. The molecule has 0 fully saturated rings. The standard InChI is InChI=1S/C11H17NO/c1-8(2)11(12)10-5-3-9(7-13)4-6-10/h3-6,8,11,13H,7,12H2,1-2H3. The van der Waals surface area contributed by atoms with E-state index in [1.807, 2.05) is 24.3 Å². The van der Waals surface area contributed by atoms with Gasteiger partial charge in [0.15, 0.2) is 0 Å². The second-order valence-corrected chi connectivity index (χ2v) is 3.67. The lowest BCUT2D eigenvalue weighted by Gasteiger charge is -2.15. The van der Waals surface area contributed by atoms with Gasteiger partial charge in [-0.05, 0) is 17.0 Å². The van der Waals surface area contributed by atoms with Crippen LogP contribution in [0.3, 0.4) is 0 Å². The van der Waals surface area contributed by atoms with Crippen molar-refractivity contribution in [1.29, 1.82) is 0 Å². The van der Waals surface area contributed by atoms with Crippen molar-refractivity contribution in [3.63, 3.8) is 0 Å². The highest BCUT2D eigenvalue weighted by atomic mass is 16.3. The largest absolute Gasteiger partial charge is 0.392 e. The molecule has 0 radical (unpaired) electrons. The molecule has 0 saturated carbocycles. The fourth-order valence-electron chi connectivity index (χ4n) is 1.23. The Balaban J connectivity index is 2.79. The summed E-state index contributed by atoms with van der Waals surface area (Å²) in [7, 11) is 0. The molecule has 1 unspecified atom stereocenters. The summed E-state index contributed by atoms with van der Waals surface area (Å²) in [5.41, 5.74) is 8.03. The van der Waals surface area contributed by atoms with Gasteiger partial charge in [0.2, 0.25) is 0 Å². The van der Waals surface area contributed by atoms with Crippen molar-refractivity contribution in [1.82, 2.24) is 0 Å². The maximum atomic E-state index is 8.85. The van der Waals surface area contributed by atoms with Gasteiger partial charge in [-0.3, -0.25) is 0 Å². The monoisotopic (exact) mass is 179 g/mol. The molecule has 3 N–H and O–H groups in total. The maximum Gasteiger partial charge on any atom is 0.0681 e. The second kappa shape index (κ2) is 4.40. The van der Waals surface area contributed by atoms with Gasteiger partial charge in [0.1, 0.15) is 0 Å². The Morgan fingerprint density at radius 2 is 1.77 bits per heavy atom. The van der Waals surface area contributed by atoms with Gasteiger partial charge in [-0.2, -0.15) is 0 Å². The molecule has 0 aliphatic rings. The van der Waals surface area contributed by atoms with Crippen LogP contribution in [-0.2, 0) is 6.61 Å². The summed E-state index contributed by atoms with van der Waals surface area (Å²) in [6.45, 7) is 4.30. The number of nitrogens with two attached hydrogens (primary N) is 1. The third-order valence-electron chi connectivity index (χ3n) is 2.27. The molecule has 0 aliphatic carbocycles. The predicted octanol–water partition coefficient (Wildman–Crippen LogP) is 1.83. The van der Waals surface area contributed by atoms with E-state index in [9.17, 15) is 0 Å². The van der Waals surface area contributed by atoms with Crippen molar-refractivity contribution in [2.75, 3.05) is 0 Å². The summed E-state index contributed by atoms with van der Waals surface area (Å²) in [6.07, 6.45) is 0. The molecule has 0 heterocycles. The zero-order chi connectivity index (χ0) is 9.84. The van der Waals surface area contributed by atoms with E-state index in [-0.39, 0.29) is 12.6 Å². The van der Waals surface area contributed by atoms with Crippen molar-refractivity contribution < 1.29 is 5.11 Å². The summed E-state index contributed by atoms with van der Waals surface area (Å²) in [5, 5.41) is 8.85. The average Bonchev–Trinajstić information content (AvgIpc) is 2.17. The zero-order valence-corrected chi connectivity index (χ0v) is 8.20. The molecule has 0 saturated heterocycles. The average molecular weight is 179 g/mol. The summed E-state index contributed by atoms with van der Waals surface area (Å²) < 4.78 is 0. The first-order valence-corrected chi connectivity index (χ1v) is 4.60. The summed E-state index contributed by atoms with van der Waals surface area (Å²) >= 11 is 0. The third-order valence-corrected chi connectivity index (χ3v) is 2.27. The Morgan fingerprint density at radius 3 is 2.15 bits per heavy atom. The molecule has 2 nitrogen and oxygen atoms in total. The Bertz CT molecular complexity index is 253. The first-order chi connectivity index (χ1) is 6.15. The van der Waals surface area contributed by atoms with Crippen LogP contribution in [0.25, 0.3) is 0 Å². The molecule has 1 atom stereocenters. The predicted molar refractivity (Wildman–Crippen MR) is 54.1 cm³/mol. The first kappa shape index (κ1) is 10.2. The molecule has 1 aromatic rings. The fraction of sp³-hybridized carbons (Fsp3) is 0.455. The van der Waals surface area contributed by atoms with Crippen molar-refractivity contribution in [3.05, 3.63) is 35.4 Å². The number of rotatable bonds is 3. The van der Waals surface area contributed by atoms with Gasteiger partial charge in [-0.1, -0.05) is 38.1 Å². The molecular formula is C11H17NO. The van der Waals surface area contributed by atoms with E-state index < -0.39 is 0 Å². The van der Waals surface area contributed by atoms with Crippen molar-refractivity contribution in [3.8, 4) is 0 Å². The lowest BCUT2D eigenvalue weighted by atomic mass is 9.96. The molecule has 1 aromatic carbocycles. The molecule has 0 aliphatic heterocycles. The molecule has 72 valence electrons. The van der Waals surface area contributed by atoms with Crippen molar-refractivity contribution >= 4 is 0 Å². The highest BCUT2D eigenvalue weighted by Gasteiger charge is 2.09. The number of aliphatic hydroxyl groups excluding tert-OH is 1. The van der Waals surface area contributed by atoms with E-state index in [2.05, 4.69) is 13.8 Å². The number of hydrogen-bond acceptors (Lipinski definition) is 2. The minimum Gasteiger partial charge on any atom is -0.392 e. The summed E-state index contributed by atoms with van der Waals surface area (Å²) in [6, 6.07) is 7.88. The number of aliphatic hydroxyl groups is 1. The van der Waals surface area contributed by atoms with Crippen LogP contribution in [0.4, 0.5) is 0 Å². The van der Waals surface area contributed by atoms with Crippen LogP contribution in [-0.4, -0.2) is 5.11 Å². The Morgan fingerprint density at radius 1 is 1.23 bits per heavy atom. The molecule has 0 aromatic heterocycles. The van der Waals surface area contributed by atoms with Gasteiger partial charge in [0.05, 0.1) is 6.61 Å². The zero-order valence-electron chi connectivity index (χ0n) is 8.20. The van der Waals surface area contributed by atoms with Crippen molar-refractivity contribution in [2.45, 2.75) is 26.5 Å². The van der Waals surface area contributed by atoms with Gasteiger partial charge < -0.3 is 10.8 Å². The van der Waals surface area contributed by atoms with E-state index in [1.54, 1.807) is 0 Å². The summed E-state index contributed by atoms with van der Waals surface area (Å²) in [4.78, 5) is 0. The minimum absolute atomic E-state index is 0.0905. The van der Waals surface area contributed by atoms with Crippen LogP contribution in [0.2, 0.25) is 0 Å². The molecule has 0 bridgehead atoms. The maximum absolute atomic E-state index is 8.85. The van der Waals surface area contributed by atoms with Gasteiger partial charge in [-0.25, -0.2) is 0 Å². The van der Waals surface area contributed by atoms with E-state index in [1.165, 1.54) is 0 Å². The first-order valence-electron chi connectivity index (χ1n) is 4.60. The van der Waals surface area contributed by atoms with Gasteiger partial charge >= 0.3 is 0 Å². The van der Waals surface area contributed by atoms with E-state index in [0.717, 1.165) is 11.1 Å². The Hall–Kier alpha value is -0.860. The SMILES string of the molecule is CC(C)C(N)c1ccc(CO)cc1. The van der Waals surface area contributed by atoms with Gasteiger partial charge in [0.25, 0.3) is 0 Å². The quantitative estimate of drug-likeness (QED) is 0.743. The lowest BCUT2D eigenvalue weighted by molar-refractivity contribution is 0.282. The normalized spacial score (nSPS) is 13.3. The highest BCUT2D eigenvalue weighted by molar-refractivity contribution is 5.24. The molecule has 13 heavy (non-hydrogen) atoms.